The lowest BCUT2D eigenvalue weighted by molar-refractivity contribution is -0.125. The van der Waals surface area contributed by atoms with Crippen molar-refractivity contribution in [2.45, 2.75) is 18.9 Å². The number of halogens is 1. The van der Waals surface area contributed by atoms with Crippen molar-refractivity contribution in [3.63, 3.8) is 0 Å². The lowest BCUT2D eigenvalue weighted by Crippen LogP contribution is -2.43. The molecule has 0 aliphatic carbocycles. The molecule has 0 spiro atoms. The molecule has 1 aliphatic heterocycles. The molecule has 1 fully saturated rings. The largest absolute Gasteiger partial charge is 0.344 e. The zero-order chi connectivity index (χ0) is 12.3. The molecule has 1 saturated heterocycles. The van der Waals surface area contributed by atoms with Crippen LogP contribution in [0, 0.1) is 0 Å². The first-order chi connectivity index (χ1) is 8.15. The molecule has 2 amide bonds. The molecule has 1 aromatic carbocycles. The molecular formula is C11H12BrN3O2. The lowest BCUT2D eigenvalue weighted by Gasteiger charge is -2.12. The summed E-state index contributed by atoms with van der Waals surface area (Å²) >= 11 is 3.32. The minimum Gasteiger partial charge on any atom is -0.344 e. The van der Waals surface area contributed by atoms with Crippen molar-refractivity contribution < 1.29 is 9.59 Å². The van der Waals surface area contributed by atoms with Crippen LogP contribution in [-0.2, 0) is 9.59 Å². The van der Waals surface area contributed by atoms with Crippen molar-refractivity contribution in [2.24, 2.45) is 0 Å². The van der Waals surface area contributed by atoms with Gasteiger partial charge in [0.2, 0.25) is 5.91 Å². The molecule has 1 heterocycles. The van der Waals surface area contributed by atoms with Gasteiger partial charge in [-0.3, -0.25) is 20.4 Å². The molecule has 0 radical (unpaired) electrons. The highest BCUT2D eigenvalue weighted by Crippen LogP contribution is 2.13. The van der Waals surface area contributed by atoms with Crippen molar-refractivity contribution in [3.8, 4) is 0 Å². The van der Waals surface area contributed by atoms with Gasteiger partial charge in [0, 0.05) is 10.9 Å². The molecule has 1 unspecified atom stereocenters. The van der Waals surface area contributed by atoms with Gasteiger partial charge in [-0.2, -0.15) is 0 Å². The van der Waals surface area contributed by atoms with Crippen molar-refractivity contribution in [3.05, 3.63) is 28.7 Å². The maximum absolute atomic E-state index is 11.6. The molecule has 1 atom stereocenters. The fraction of sp³-hybridized carbons (Fsp3) is 0.273. The number of anilines is 1. The predicted octanol–water partition coefficient (Wildman–Crippen LogP) is 1.17. The van der Waals surface area contributed by atoms with Crippen molar-refractivity contribution in [1.82, 2.24) is 10.7 Å². The number of nitrogens with one attached hydrogen (secondary N) is 3. The van der Waals surface area contributed by atoms with Gasteiger partial charge in [0.25, 0.3) is 5.91 Å². The van der Waals surface area contributed by atoms with Gasteiger partial charge in [-0.1, -0.05) is 15.9 Å². The Morgan fingerprint density at radius 3 is 2.65 bits per heavy atom. The molecule has 1 aliphatic rings. The Morgan fingerprint density at radius 2 is 2.06 bits per heavy atom. The van der Waals surface area contributed by atoms with Crippen molar-refractivity contribution in [1.29, 1.82) is 0 Å². The third-order valence-corrected chi connectivity index (χ3v) is 3.01. The van der Waals surface area contributed by atoms with E-state index in [0.29, 0.717) is 12.8 Å². The standard InChI is InChI=1S/C11H12BrN3O2/c12-7-1-3-8(4-2-7)14-15-11(17)9-5-6-10(16)13-9/h1-4,9,14H,5-6H2,(H,13,16)(H,15,17). The molecule has 17 heavy (non-hydrogen) atoms. The Kier molecular flexibility index (Phi) is 3.63. The summed E-state index contributed by atoms with van der Waals surface area (Å²) in [7, 11) is 0. The smallest absolute Gasteiger partial charge is 0.260 e. The Morgan fingerprint density at radius 1 is 1.35 bits per heavy atom. The number of carbonyl (C=O) groups is 2. The summed E-state index contributed by atoms with van der Waals surface area (Å²) in [4.78, 5) is 22.6. The number of rotatable bonds is 3. The molecular weight excluding hydrogens is 286 g/mol. The quantitative estimate of drug-likeness (QED) is 0.734. The maximum atomic E-state index is 11.6. The van der Waals surface area contributed by atoms with E-state index in [2.05, 4.69) is 32.1 Å². The highest BCUT2D eigenvalue weighted by atomic mass is 79.9. The fourth-order valence-electron chi connectivity index (χ4n) is 1.56. The van der Waals surface area contributed by atoms with Crippen LogP contribution in [0.4, 0.5) is 5.69 Å². The molecule has 1 aromatic rings. The average molecular weight is 298 g/mol. The molecule has 0 aromatic heterocycles. The van der Waals surface area contributed by atoms with Crippen molar-refractivity contribution in [2.75, 3.05) is 5.43 Å². The van der Waals surface area contributed by atoms with E-state index in [1.54, 1.807) is 0 Å². The van der Waals surface area contributed by atoms with Crippen LogP contribution in [0.2, 0.25) is 0 Å². The van der Waals surface area contributed by atoms with Crippen LogP contribution in [0.1, 0.15) is 12.8 Å². The third-order valence-electron chi connectivity index (χ3n) is 2.49. The van der Waals surface area contributed by atoms with E-state index in [-0.39, 0.29) is 11.8 Å². The Bertz CT molecular complexity index is 433. The molecule has 3 N–H and O–H groups in total. The molecule has 5 nitrogen and oxygen atoms in total. The number of carbonyl (C=O) groups excluding carboxylic acids is 2. The first-order valence-corrected chi connectivity index (χ1v) is 6.05. The third kappa shape index (κ3) is 3.20. The highest BCUT2D eigenvalue weighted by Gasteiger charge is 2.26. The minimum atomic E-state index is -0.426. The first kappa shape index (κ1) is 11.9. The average Bonchev–Trinajstić information content (AvgIpc) is 2.75. The topological polar surface area (TPSA) is 70.2 Å². The van der Waals surface area contributed by atoms with E-state index in [9.17, 15) is 9.59 Å². The monoisotopic (exact) mass is 297 g/mol. The van der Waals surface area contributed by atoms with E-state index in [4.69, 9.17) is 0 Å². The second-order valence-corrected chi connectivity index (χ2v) is 4.70. The van der Waals surface area contributed by atoms with E-state index in [0.717, 1.165) is 10.2 Å². The van der Waals surface area contributed by atoms with Gasteiger partial charge < -0.3 is 5.32 Å². The first-order valence-electron chi connectivity index (χ1n) is 5.26. The molecule has 90 valence electrons. The van der Waals surface area contributed by atoms with Gasteiger partial charge in [-0.15, -0.1) is 0 Å². The van der Waals surface area contributed by atoms with Gasteiger partial charge in [-0.25, -0.2) is 0 Å². The van der Waals surface area contributed by atoms with Crippen LogP contribution < -0.4 is 16.2 Å². The van der Waals surface area contributed by atoms with Gasteiger partial charge in [0.15, 0.2) is 0 Å². The van der Waals surface area contributed by atoms with E-state index >= 15 is 0 Å². The van der Waals surface area contributed by atoms with Gasteiger partial charge >= 0.3 is 0 Å². The number of benzene rings is 1. The summed E-state index contributed by atoms with van der Waals surface area (Å²) in [6.07, 6.45) is 0.961. The SMILES string of the molecule is O=C1CCC(C(=O)NNc2ccc(Br)cc2)N1. The second-order valence-electron chi connectivity index (χ2n) is 3.78. The Balaban J connectivity index is 1.84. The van der Waals surface area contributed by atoms with Crippen LogP contribution in [0.3, 0.4) is 0 Å². The molecule has 0 bridgehead atoms. The summed E-state index contributed by atoms with van der Waals surface area (Å²) < 4.78 is 0.970. The van der Waals surface area contributed by atoms with Gasteiger partial charge in [0.1, 0.15) is 6.04 Å². The van der Waals surface area contributed by atoms with Crippen molar-refractivity contribution >= 4 is 33.4 Å². The number of hydrogen-bond acceptors (Lipinski definition) is 3. The zero-order valence-electron chi connectivity index (χ0n) is 9.00. The Hall–Kier alpha value is -1.56. The van der Waals surface area contributed by atoms with Crippen LogP contribution in [0.5, 0.6) is 0 Å². The summed E-state index contributed by atoms with van der Waals surface area (Å²) in [5.74, 6) is -0.299. The predicted molar refractivity (Wildman–Crippen MR) is 67.1 cm³/mol. The van der Waals surface area contributed by atoms with E-state index in [1.165, 1.54) is 0 Å². The van der Waals surface area contributed by atoms with Gasteiger partial charge in [-0.05, 0) is 30.7 Å². The lowest BCUT2D eigenvalue weighted by atomic mass is 10.2. The van der Waals surface area contributed by atoms with E-state index < -0.39 is 6.04 Å². The zero-order valence-corrected chi connectivity index (χ0v) is 10.6. The summed E-state index contributed by atoms with van der Waals surface area (Å²) in [5, 5.41) is 2.60. The van der Waals surface area contributed by atoms with Crippen LogP contribution >= 0.6 is 15.9 Å². The number of amides is 2. The Labute approximate surface area is 107 Å². The van der Waals surface area contributed by atoms with Crippen LogP contribution in [-0.4, -0.2) is 17.9 Å². The summed E-state index contributed by atoms with van der Waals surface area (Å²) in [5.41, 5.74) is 6.14. The fourth-order valence-corrected chi connectivity index (χ4v) is 1.83. The normalized spacial score (nSPS) is 18.6. The van der Waals surface area contributed by atoms with E-state index in [1.807, 2.05) is 24.3 Å². The van der Waals surface area contributed by atoms with Gasteiger partial charge in [0.05, 0.1) is 5.69 Å². The number of hydrogen-bond donors (Lipinski definition) is 3. The van der Waals surface area contributed by atoms with Crippen LogP contribution in [0.25, 0.3) is 0 Å². The molecule has 6 heteroatoms. The summed E-state index contributed by atoms with van der Waals surface area (Å²) in [6.45, 7) is 0. The molecule has 2 rings (SSSR count). The van der Waals surface area contributed by atoms with Crippen LogP contribution in [0.15, 0.2) is 28.7 Å². The second kappa shape index (κ2) is 5.18. The molecule has 0 saturated carbocycles. The number of hydrazine groups is 1. The minimum absolute atomic E-state index is 0.0752. The maximum Gasteiger partial charge on any atom is 0.260 e. The summed E-state index contributed by atoms with van der Waals surface area (Å²) in [6, 6.07) is 6.97. The highest BCUT2D eigenvalue weighted by molar-refractivity contribution is 9.10.